The van der Waals surface area contributed by atoms with Gasteiger partial charge in [0, 0.05) is 51.2 Å². The highest BCUT2D eigenvalue weighted by atomic mass is 32.2. The van der Waals surface area contributed by atoms with Gasteiger partial charge in [-0.15, -0.1) is 0 Å². The first kappa shape index (κ1) is 21.1. The Morgan fingerprint density at radius 2 is 2.12 bits per heavy atom. The van der Waals surface area contributed by atoms with E-state index < -0.39 is 0 Å². The minimum absolute atomic E-state index is 0.585. The van der Waals surface area contributed by atoms with Gasteiger partial charge in [0.15, 0.2) is 5.96 Å². The third-order valence-corrected chi connectivity index (χ3v) is 5.53. The minimum Gasteiger partial charge on any atom is -0.382 e. The summed E-state index contributed by atoms with van der Waals surface area (Å²) in [6, 6.07) is 8.79. The fourth-order valence-corrected chi connectivity index (χ4v) is 3.81. The zero-order valence-corrected chi connectivity index (χ0v) is 17.2. The summed E-state index contributed by atoms with van der Waals surface area (Å²) >= 11 is 1.96. The Labute approximate surface area is 162 Å². The number of likely N-dealkylation sites (tertiary alicyclic amines) is 1. The molecule has 26 heavy (non-hydrogen) atoms. The lowest BCUT2D eigenvalue weighted by atomic mass is 10.1. The van der Waals surface area contributed by atoms with Crippen molar-refractivity contribution in [3.8, 4) is 0 Å². The Hall–Kier alpha value is -1.24. The first-order valence-electron chi connectivity index (χ1n) is 9.38. The molecule has 0 spiro atoms. The first-order chi connectivity index (χ1) is 12.7. The molecule has 1 atom stereocenters. The quantitative estimate of drug-likeness (QED) is 0.385. The van der Waals surface area contributed by atoms with Gasteiger partial charge in [-0.05, 0) is 18.9 Å². The molecule has 6 heteroatoms. The van der Waals surface area contributed by atoms with Crippen molar-refractivity contribution in [1.82, 2.24) is 10.2 Å². The molecule has 0 bridgehead atoms. The van der Waals surface area contributed by atoms with Crippen molar-refractivity contribution in [2.45, 2.75) is 19.1 Å². The van der Waals surface area contributed by atoms with Crippen molar-refractivity contribution >= 4 is 17.7 Å². The Morgan fingerprint density at radius 1 is 1.31 bits per heavy atom. The Bertz CT molecular complexity index is 536. The average Bonchev–Trinajstić information content (AvgIpc) is 3.12. The molecule has 0 aromatic heterocycles. The lowest BCUT2D eigenvalue weighted by molar-refractivity contribution is 0.0536. The van der Waals surface area contributed by atoms with Crippen molar-refractivity contribution in [3.05, 3.63) is 35.4 Å². The second-order valence-corrected chi connectivity index (χ2v) is 7.79. The first-order valence-corrected chi connectivity index (χ1v) is 10.5. The lowest BCUT2D eigenvalue weighted by Gasteiger charge is -2.21. The van der Waals surface area contributed by atoms with Gasteiger partial charge in [0.25, 0.3) is 0 Å². The van der Waals surface area contributed by atoms with Gasteiger partial charge in [-0.25, -0.2) is 0 Å². The average molecular weight is 380 g/mol. The van der Waals surface area contributed by atoms with Crippen LogP contribution in [0.25, 0.3) is 0 Å². The van der Waals surface area contributed by atoms with Gasteiger partial charge in [0.2, 0.25) is 0 Å². The zero-order valence-electron chi connectivity index (χ0n) is 16.4. The SMILES string of the molecule is CN=C(NCCSCc1ccc(C)cc1)N1CCC(COCCOC)C1. The fourth-order valence-electron chi connectivity index (χ4n) is 2.99. The predicted octanol–water partition coefficient (Wildman–Crippen LogP) is 2.79. The van der Waals surface area contributed by atoms with E-state index in [-0.39, 0.29) is 0 Å². The summed E-state index contributed by atoms with van der Waals surface area (Å²) in [5.41, 5.74) is 2.71. The molecule has 1 heterocycles. The summed E-state index contributed by atoms with van der Waals surface area (Å²) in [5.74, 6) is 3.73. The fraction of sp³-hybridized carbons (Fsp3) is 0.650. The second-order valence-electron chi connectivity index (χ2n) is 6.68. The van der Waals surface area contributed by atoms with Gasteiger partial charge in [-0.1, -0.05) is 29.8 Å². The summed E-state index contributed by atoms with van der Waals surface area (Å²) < 4.78 is 10.7. The number of methoxy groups -OCH3 is 1. The number of hydrogen-bond donors (Lipinski definition) is 1. The third-order valence-electron chi connectivity index (χ3n) is 4.50. The zero-order chi connectivity index (χ0) is 18.6. The van der Waals surface area contributed by atoms with Crippen LogP contribution in [0.15, 0.2) is 29.3 Å². The largest absolute Gasteiger partial charge is 0.382 e. The van der Waals surface area contributed by atoms with Crippen molar-refractivity contribution in [2.75, 3.05) is 59.4 Å². The van der Waals surface area contributed by atoms with Gasteiger partial charge in [-0.3, -0.25) is 4.99 Å². The number of rotatable bonds is 10. The van der Waals surface area contributed by atoms with Crippen LogP contribution in [0.2, 0.25) is 0 Å². The summed E-state index contributed by atoms with van der Waals surface area (Å²) in [5, 5.41) is 3.50. The number of ether oxygens (including phenoxy) is 2. The van der Waals surface area contributed by atoms with Crippen molar-refractivity contribution < 1.29 is 9.47 Å². The molecule has 0 aliphatic carbocycles. The highest BCUT2D eigenvalue weighted by Crippen LogP contribution is 2.17. The second kappa shape index (κ2) is 12.2. The van der Waals surface area contributed by atoms with Crippen LogP contribution in [0.5, 0.6) is 0 Å². The molecule has 0 saturated carbocycles. The topological polar surface area (TPSA) is 46.1 Å². The Morgan fingerprint density at radius 3 is 2.85 bits per heavy atom. The molecule has 2 rings (SSSR count). The molecule has 1 aliphatic heterocycles. The van der Waals surface area contributed by atoms with Crippen LogP contribution in [0.1, 0.15) is 17.5 Å². The van der Waals surface area contributed by atoms with Crippen molar-refractivity contribution in [3.63, 3.8) is 0 Å². The molecule has 1 saturated heterocycles. The Balaban J connectivity index is 1.59. The maximum Gasteiger partial charge on any atom is 0.193 e. The summed E-state index contributed by atoms with van der Waals surface area (Å²) in [6.07, 6.45) is 1.16. The molecular weight excluding hydrogens is 346 g/mol. The van der Waals surface area contributed by atoms with E-state index in [9.17, 15) is 0 Å². The van der Waals surface area contributed by atoms with Crippen LogP contribution < -0.4 is 5.32 Å². The number of thioether (sulfide) groups is 1. The Kier molecular flexibility index (Phi) is 9.89. The van der Waals surface area contributed by atoms with Crippen LogP contribution in [0.4, 0.5) is 0 Å². The number of aliphatic imine (C=N–C) groups is 1. The lowest BCUT2D eigenvalue weighted by Crippen LogP contribution is -2.41. The van der Waals surface area contributed by atoms with Gasteiger partial charge >= 0.3 is 0 Å². The summed E-state index contributed by atoms with van der Waals surface area (Å²) in [7, 11) is 3.57. The van der Waals surface area contributed by atoms with E-state index in [1.54, 1.807) is 7.11 Å². The van der Waals surface area contributed by atoms with Gasteiger partial charge in [0.05, 0.1) is 19.8 Å². The van der Waals surface area contributed by atoms with Crippen LogP contribution in [0.3, 0.4) is 0 Å². The number of benzene rings is 1. The number of hydrogen-bond acceptors (Lipinski definition) is 4. The third kappa shape index (κ3) is 7.56. The maximum absolute atomic E-state index is 5.67. The van der Waals surface area contributed by atoms with E-state index in [0.717, 1.165) is 50.1 Å². The number of aryl methyl sites for hydroxylation is 1. The number of nitrogens with zero attached hydrogens (tertiary/aromatic N) is 2. The number of nitrogens with one attached hydrogen (secondary N) is 1. The molecule has 1 fully saturated rings. The molecule has 1 unspecified atom stereocenters. The summed E-state index contributed by atoms with van der Waals surface area (Å²) in [6.45, 7) is 7.29. The molecule has 1 N–H and O–H groups in total. The van der Waals surface area contributed by atoms with Crippen molar-refractivity contribution in [2.24, 2.45) is 10.9 Å². The monoisotopic (exact) mass is 379 g/mol. The van der Waals surface area contributed by atoms with Gasteiger partial charge in [-0.2, -0.15) is 11.8 Å². The van der Waals surface area contributed by atoms with Crippen LogP contribution in [-0.4, -0.2) is 70.2 Å². The predicted molar refractivity (Wildman–Crippen MR) is 111 cm³/mol. The van der Waals surface area contributed by atoms with Gasteiger partial charge < -0.3 is 19.7 Å². The molecule has 5 nitrogen and oxygen atoms in total. The van der Waals surface area contributed by atoms with Crippen LogP contribution >= 0.6 is 11.8 Å². The normalized spacial score (nSPS) is 17.7. The number of guanidine groups is 1. The molecule has 1 aromatic carbocycles. The standard InChI is InChI=1S/C20H33N3O2S/c1-17-4-6-18(7-5-17)16-26-13-9-22-20(21-2)23-10-8-19(14-23)15-25-12-11-24-3/h4-7,19H,8-16H2,1-3H3,(H,21,22). The van der Waals surface area contributed by atoms with E-state index in [4.69, 9.17) is 9.47 Å². The van der Waals surface area contributed by atoms with Crippen LogP contribution in [-0.2, 0) is 15.2 Å². The van der Waals surface area contributed by atoms with E-state index in [1.807, 2.05) is 18.8 Å². The molecule has 1 aromatic rings. The van der Waals surface area contributed by atoms with E-state index in [0.29, 0.717) is 19.1 Å². The maximum atomic E-state index is 5.67. The minimum atomic E-state index is 0.585. The van der Waals surface area contributed by atoms with E-state index >= 15 is 0 Å². The molecule has 0 amide bonds. The van der Waals surface area contributed by atoms with E-state index in [1.165, 1.54) is 11.1 Å². The molecule has 0 radical (unpaired) electrons. The smallest absolute Gasteiger partial charge is 0.193 e. The highest BCUT2D eigenvalue weighted by Gasteiger charge is 2.24. The van der Waals surface area contributed by atoms with Crippen molar-refractivity contribution in [1.29, 1.82) is 0 Å². The van der Waals surface area contributed by atoms with Crippen LogP contribution in [0, 0.1) is 12.8 Å². The van der Waals surface area contributed by atoms with Gasteiger partial charge in [0.1, 0.15) is 0 Å². The molecular formula is C20H33N3O2S. The summed E-state index contributed by atoms with van der Waals surface area (Å²) in [4.78, 5) is 6.78. The molecule has 1 aliphatic rings. The highest BCUT2D eigenvalue weighted by molar-refractivity contribution is 7.98. The van der Waals surface area contributed by atoms with E-state index in [2.05, 4.69) is 46.4 Å². The molecule has 146 valence electrons.